The smallest absolute Gasteiger partial charge is 0.494 e. The van der Waals surface area contributed by atoms with Crippen molar-refractivity contribution in [3.8, 4) is 5.88 Å². The van der Waals surface area contributed by atoms with Crippen molar-refractivity contribution in [3.63, 3.8) is 0 Å². The van der Waals surface area contributed by atoms with E-state index in [4.69, 9.17) is 4.99 Å². The molecule has 2 aromatic carbocycles. The third kappa shape index (κ3) is 4.85. The highest BCUT2D eigenvalue weighted by atomic mass is 19.4. The number of amides is 1. The molecular formula is C24H19F3N4O3. The summed E-state index contributed by atoms with van der Waals surface area (Å²) in [5.74, 6) is -0.180. The molecule has 7 nitrogen and oxygen atoms in total. The van der Waals surface area contributed by atoms with Gasteiger partial charge in [0.25, 0.3) is 0 Å². The lowest BCUT2D eigenvalue weighted by molar-refractivity contribution is -0.290. The van der Waals surface area contributed by atoms with E-state index >= 15 is 0 Å². The van der Waals surface area contributed by atoms with Crippen molar-refractivity contribution >= 4 is 34.1 Å². The van der Waals surface area contributed by atoms with Gasteiger partial charge in [-0.3, -0.25) is 9.88 Å². The molecule has 0 saturated heterocycles. The number of hydrogen-bond donors (Lipinski definition) is 2. The number of aromatic amines is 1. The summed E-state index contributed by atoms with van der Waals surface area (Å²) in [6.07, 6.45) is -5.08. The van der Waals surface area contributed by atoms with Crippen LogP contribution in [0.1, 0.15) is 16.8 Å². The van der Waals surface area contributed by atoms with Gasteiger partial charge in [-0.2, -0.15) is 0 Å². The normalized spacial score (nSPS) is 12.1. The zero-order chi connectivity index (χ0) is 24.5. The van der Waals surface area contributed by atoms with Gasteiger partial charge >= 0.3 is 12.5 Å². The van der Waals surface area contributed by atoms with E-state index in [1.807, 2.05) is 37.3 Å². The topological polar surface area (TPSA) is 90.8 Å². The van der Waals surface area contributed by atoms with E-state index in [-0.39, 0.29) is 11.6 Å². The van der Waals surface area contributed by atoms with Crippen LogP contribution < -0.4 is 4.90 Å². The molecular weight excluding hydrogens is 449 g/mol. The summed E-state index contributed by atoms with van der Waals surface area (Å²) in [6, 6.07) is 17.1. The van der Waals surface area contributed by atoms with Crippen LogP contribution in [-0.4, -0.2) is 40.3 Å². The molecule has 2 N–H and O–H groups in total. The summed E-state index contributed by atoms with van der Waals surface area (Å²) in [5.41, 5.74) is 3.44. The van der Waals surface area contributed by atoms with Crippen molar-refractivity contribution in [1.29, 1.82) is 0 Å². The summed E-state index contributed by atoms with van der Waals surface area (Å²) < 4.78 is 41.0. The summed E-state index contributed by atoms with van der Waals surface area (Å²) in [7, 11) is 1.16. The van der Waals surface area contributed by atoms with Crippen molar-refractivity contribution in [1.82, 2.24) is 9.97 Å². The maximum atomic E-state index is 12.5. The summed E-state index contributed by atoms with van der Waals surface area (Å²) >= 11 is 0. The number of aromatic nitrogens is 2. The Morgan fingerprint density at radius 2 is 1.85 bits per heavy atom. The van der Waals surface area contributed by atoms with Crippen LogP contribution in [0.3, 0.4) is 0 Å². The van der Waals surface area contributed by atoms with E-state index in [0.717, 1.165) is 17.6 Å². The number of benzene rings is 2. The number of alkyl halides is 3. The molecule has 4 rings (SSSR count). The summed E-state index contributed by atoms with van der Waals surface area (Å²) in [6.45, 7) is 1.83. The molecule has 0 saturated carbocycles. The molecule has 0 bridgehead atoms. The van der Waals surface area contributed by atoms with E-state index in [1.54, 1.807) is 24.4 Å². The molecule has 0 spiro atoms. The van der Waals surface area contributed by atoms with Gasteiger partial charge in [0.05, 0.1) is 17.0 Å². The van der Waals surface area contributed by atoms with Crippen LogP contribution in [0.5, 0.6) is 5.88 Å². The van der Waals surface area contributed by atoms with Crippen LogP contribution in [0, 0.1) is 6.92 Å². The molecule has 0 atom stereocenters. The minimum atomic E-state index is -5.11. The molecule has 0 aliphatic carbocycles. The van der Waals surface area contributed by atoms with Gasteiger partial charge < -0.3 is 14.8 Å². The molecule has 174 valence electrons. The lowest BCUT2D eigenvalue weighted by atomic mass is 10.0. The van der Waals surface area contributed by atoms with Gasteiger partial charge in [-0.15, -0.1) is 13.2 Å². The maximum absolute atomic E-state index is 12.5. The largest absolute Gasteiger partial charge is 0.576 e. The number of aliphatic imine (C=N–C) groups is 1. The number of aryl methyl sites for hydroxylation is 1. The second-order valence-corrected chi connectivity index (χ2v) is 7.43. The first-order valence-electron chi connectivity index (χ1n) is 10.1. The van der Waals surface area contributed by atoms with E-state index < -0.39 is 12.5 Å². The highest BCUT2D eigenvalue weighted by Gasteiger charge is 2.35. The number of nitrogens with zero attached hydrogens (tertiary/aromatic N) is 3. The second-order valence-electron chi connectivity index (χ2n) is 7.43. The van der Waals surface area contributed by atoms with E-state index in [9.17, 15) is 23.1 Å². The first-order chi connectivity index (χ1) is 16.1. The number of nitrogens with one attached hydrogen (secondary N) is 1. The van der Waals surface area contributed by atoms with E-state index in [2.05, 4.69) is 14.7 Å². The zero-order valence-corrected chi connectivity index (χ0v) is 18.1. The van der Waals surface area contributed by atoms with Crippen LogP contribution in [0.25, 0.3) is 10.9 Å². The Hall–Kier alpha value is -4.34. The fourth-order valence-corrected chi connectivity index (χ4v) is 3.48. The van der Waals surface area contributed by atoms with Gasteiger partial charge in [-0.25, -0.2) is 9.79 Å². The number of fused-ring (bicyclic) bond motifs is 1. The Bertz CT molecular complexity index is 1380. The quantitative estimate of drug-likeness (QED) is 0.368. The van der Waals surface area contributed by atoms with Crippen LogP contribution in [0.2, 0.25) is 0 Å². The summed E-state index contributed by atoms with van der Waals surface area (Å²) in [5, 5.41) is 11.2. The third-order valence-electron chi connectivity index (χ3n) is 5.03. The Balaban J connectivity index is 1.87. The zero-order valence-electron chi connectivity index (χ0n) is 18.1. The molecule has 4 aromatic rings. The Morgan fingerprint density at radius 3 is 2.53 bits per heavy atom. The number of anilines is 1. The molecule has 2 heterocycles. The van der Waals surface area contributed by atoms with Crippen LogP contribution in [0.15, 0.2) is 71.9 Å². The molecule has 1 amide bonds. The predicted octanol–water partition coefficient (Wildman–Crippen LogP) is 5.84. The first kappa shape index (κ1) is 22.8. The van der Waals surface area contributed by atoms with Gasteiger partial charge in [0.1, 0.15) is 0 Å². The number of carbonyl (C=O) groups excluding carboxylic acids is 1. The van der Waals surface area contributed by atoms with Gasteiger partial charge in [0.2, 0.25) is 0 Å². The van der Waals surface area contributed by atoms with Crippen molar-refractivity contribution in [2.45, 2.75) is 13.3 Å². The lowest BCUT2D eigenvalue weighted by Crippen LogP contribution is -2.32. The standard InChI is InChI=1S/C24H19F3N4O3/c1-14-12-16(10-11-28-14)29-21(15-6-4-3-5-7-15)20-18-13-17(8-9-19(18)30-22(20)32)31(2)23(33)34-24(25,26)27/h3-13,30,32H,1-2H3. The molecule has 0 aliphatic rings. The van der Waals surface area contributed by atoms with Gasteiger partial charge in [0.15, 0.2) is 5.88 Å². The SMILES string of the molecule is Cc1cc(N=C(c2ccccc2)c2c(O)[nH]c3ccc(N(C)C(=O)OC(F)(F)F)cc23)ccn1. The number of halogens is 3. The van der Waals surface area contributed by atoms with Gasteiger partial charge in [0, 0.05) is 41.1 Å². The number of ether oxygens (including phenoxy) is 1. The first-order valence-corrected chi connectivity index (χ1v) is 10.1. The second kappa shape index (κ2) is 8.89. The van der Waals surface area contributed by atoms with Crippen molar-refractivity contribution in [2.24, 2.45) is 4.99 Å². The number of carbonyl (C=O) groups is 1. The molecule has 0 unspecified atom stereocenters. The molecule has 10 heteroatoms. The molecule has 2 aromatic heterocycles. The number of hydrogen-bond acceptors (Lipinski definition) is 5. The Labute approximate surface area is 192 Å². The maximum Gasteiger partial charge on any atom is 0.576 e. The summed E-state index contributed by atoms with van der Waals surface area (Å²) in [4.78, 5) is 24.4. The van der Waals surface area contributed by atoms with Crippen LogP contribution in [0.4, 0.5) is 29.3 Å². The highest BCUT2D eigenvalue weighted by Crippen LogP contribution is 2.34. The number of rotatable bonds is 4. The Kier molecular flexibility index (Phi) is 5.97. The predicted molar refractivity (Wildman–Crippen MR) is 122 cm³/mol. The van der Waals surface area contributed by atoms with Gasteiger partial charge in [-0.05, 0) is 37.3 Å². The average Bonchev–Trinajstić information content (AvgIpc) is 3.11. The monoisotopic (exact) mass is 468 g/mol. The van der Waals surface area contributed by atoms with Crippen LogP contribution in [-0.2, 0) is 4.74 Å². The Morgan fingerprint density at radius 1 is 1.12 bits per heavy atom. The van der Waals surface area contributed by atoms with E-state index in [0.29, 0.717) is 33.4 Å². The van der Waals surface area contributed by atoms with Gasteiger partial charge in [-0.1, -0.05) is 30.3 Å². The number of H-pyrrole nitrogens is 1. The van der Waals surface area contributed by atoms with Crippen molar-refractivity contribution < 1.29 is 27.8 Å². The minimum Gasteiger partial charge on any atom is -0.494 e. The highest BCUT2D eigenvalue weighted by molar-refractivity contribution is 6.22. The van der Waals surface area contributed by atoms with E-state index in [1.165, 1.54) is 12.1 Å². The fourth-order valence-electron chi connectivity index (χ4n) is 3.48. The van der Waals surface area contributed by atoms with Crippen LogP contribution >= 0.6 is 0 Å². The fraction of sp³-hybridized carbons (Fsp3) is 0.125. The lowest BCUT2D eigenvalue weighted by Gasteiger charge is -2.18. The molecule has 0 radical (unpaired) electrons. The number of pyridine rings is 1. The molecule has 0 fully saturated rings. The molecule has 0 aliphatic heterocycles. The average molecular weight is 468 g/mol. The van der Waals surface area contributed by atoms with Crippen molar-refractivity contribution in [3.05, 3.63) is 83.7 Å². The molecule has 34 heavy (non-hydrogen) atoms. The third-order valence-corrected chi connectivity index (χ3v) is 5.03. The number of aromatic hydroxyl groups is 1. The minimum absolute atomic E-state index is 0.133. The van der Waals surface area contributed by atoms with Crippen molar-refractivity contribution in [2.75, 3.05) is 11.9 Å².